The average molecular weight is 526 g/mol. The van der Waals surface area contributed by atoms with Crippen molar-refractivity contribution in [3.63, 3.8) is 0 Å². The molecule has 0 aliphatic rings. The Morgan fingerprint density at radius 1 is 1.22 bits per heavy atom. The number of hydrogen-bond donors (Lipinski definition) is 1. The first-order valence-electron chi connectivity index (χ1n) is 8.81. The number of hydrogen-bond acceptors (Lipinski definition) is 6. The van der Waals surface area contributed by atoms with Crippen molar-refractivity contribution in [2.75, 3.05) is 11.9 Å². The van der Waals surface area contributed by atoms with E-state index < -0.39 is 52.8 Å². The molecule has 0 spiro atoms. The van der Waals surface area contributed by atoms with Gasteiger partial charge in [0.25, 0.3) is 5.56 Å². The van der Waals surface area contributed by atoms with Crippen molar-refractivity contribution in [3.05, 3.63) is 55.0 Å². The molecular weight excluding hydrogens is 510 g/mol. The minimum atomic E-state index is -4.99. The van der Waals surface area contributed by atoms with Crippen LogP contribution in [-0.2, 0) is 27.5 Å². The van der Waals surface area contributed by atoms with Crippen LogP contribution >= 0.6 is 15.9 Å². The number of amides is 1. The maximum atomic E-state index is 14.5. The summed E-state index contributed by atoms with van der Waals surface area (Å²) in [5.41, 5.74) is -5.34. The Morgan fingerprint density at radius 3 is 2.41 bits per heavy atom. The van der Waals surface area contributed by atoms with Crippen molar-refractivity contribution in [2.45, 2.75) is 26.1 Å². The summed E-state index contributed by atoms with van der Waals surface area (Å²) in [7, 11) is 0.769. The molecule has 1 N–H and O–H groups in total. The lowest BCUT2D eigenvalue weighted by Crippen LogP contribution is -2.41. The first kappa shape index (κ1) is 25.1. The molecule has 174 valence electrons. The van der Waals surface area contributed by atoms with Gasteiger partial charge in [0.2, 0.25) is 0 Å². The number of aromatic nitrogens is 2. The first-order valence-corrected chi connectivity index (χ1v) is 9.61. The molecule has 0 aliphatic carbocycles. The highest BCUT2D eigenvalue weighted by atomic mass is 79.9. The van der Waals surface area contributed by atoms with Crippen LogP contribution in [0, 0.1) is 5.82 Å². The van der Waals surface area contributed by atoms with Gasteiger partial charge in [0.15, 0.2) is 6.10 Å². The smallest absolute Gasteiger partial charge is 0.431 e. The fourth-order valence-electron chi connectivity index (χ4n) is 2.53. The van der Waals surface area contributed by atoms with E-state index in [1.165, 1.54) is 6.92 Å². The number of nitrogens with one attached hydrogen (secondary N) is 1. The van der Waals surface area contributed by atoms with Crippen LogP contribution in [0.4, 0.5) is 28.0 Å². The van der Waals surface area contributed by atoms with Crippen LogP contribution in [0.2, 0.25) is 0 Å². The molecule has 1 aromatic carbocycles. The van der Waals surface area contributed by atoms with E-state index >= 15 is 0 Å². The van der Waals surface area contributed by atoms with Gasteiger partial charge in [-0.3, -0.25) is 14.7 Å². The molecular formula is C18H16BrF4N3O6. The summed E-state index contributed by atoms with van der Waals surface area (Å²) in [5, 5.41) is 2.18. The number of ether oxygens (including phenoxy) is 2. The van der Waals surface area contributed by atoms with E-state index in [4.69, 9.17) is 4.74 Å². The highest BCUT2D eigenvalue weighted by Crippen LogP contribution is 2.29. The van der Waals surface area contributed by atoms with Gasteiger partial charge in [0, 0.05) is 17.6 Å². The standard InChI is InChI=1S/C18H16BrF4N3O6/c1-4-31-15(28)8(2)32-16(29)24-11-6-12(10(20)5-9(11)19)26-14(27)7-13(18(21,22)23)25(3)17(26)30/h5-8H,4H2,1-3H3,(H,24,29). The summed E-state index contributed by atoms with van der Waals surface area (Å²) in [6.45, 7) is 2.85. The predicted octanol–water partition coefficient (Wildman–Crippen LogP) is 2.96. The van der Waals surface area contributed by atoms with Crippen LogP contribution in [0.5, 0.6) is 0 Å². The van der Waals surface area contributed by atoms with Gasteiger partial charge in [-0.15, -0.1) is 0 Å². The molecule has 14 heteroatoms. The Bertz CT molecular complexity index is 1180. The highest BCUT2D eigenvalue weighted by molar-refractivity contribution is 9.10. The van der Waals surface area contributed by atoms with Gasteiger partial charge >= 0.3 is 23.9 Å². The number of alkyl halides is 3. The van der Waals surface area contributed by atoms with Crippen molar-refractivity contribution in [2.24, 2.45) is 7.05 Å². The van der Waals surface area contributed by atoms with E-state index in [-0.39, 0.29) is 32.0 Å². The van der Waals surface area contributed by atoms with Gasteiger partial charge in [-0.1, -0.05) is 0 Å². The third kappa shape index (κ3) is 5.36. The normalized spacial score (nSPS) is 12.2. The van der Waals surface area contributed by atoms with E-state index in [9.17, 15) is 36.7 Å². The summed E-state index contributed by atoms with van der Waals surface area (Å²) in [4.78, 5) is 48.2. The Kier molecular flexibility index (Phi) is 7.49. The number of rotatable bonds is 5. The van der Waals surface area contributed by atoms with Crippen LogP contribution in [0.15, 0.2) is 32.3 Å². The first-order chi connectivity index (χ1) is 14.8. The highest BCUT2D eigenvalue weighted by Gasteiger charge is 2.35. The third-order valence-electron chi connectivity index (χ3n) is 4.03. The lowest BCUT2D eigenvalue weighted by Gasteiger charge is -2.16. The molecule has 0 bridgehead atoms. The van der Waals surface area contributed by atoms with E-state index in [2.05, 4.69) is 26.0 Å². The van der Waals surface area contributed by atoms with E-state index in [0.717, 1.165) is 19.2 Å². The molecule has 0 saturated heterocycles. The molecule has 1 aromatic heterocycles. The maximum absolute atomic E-state index is 14.5. The molecule has 1 unspecified atom stereocenters. The zero-order chi connectivity index (χ0) is 24.4. The summed E-state index contributed by atoms with van der Waals surface area (Å²) >= 11 is 2.97. The molecule has 0 saturated carbocycles. The van der Waals surface area contributed by atoms with Crippen molar-refractivity contribution < 1.29 is 36.6 Å². The molecule has 2 aromatic rings. The second kappa shape index (κ2) is 9.54. The van der Waals surface area contributed by atoms with E-state index in [1.807, 2.05) is 0 Å². The Labute approximate surface area is 185 Å². The van der Waals surface area contributed by atoms with Gasteiger partial charge in [-0.05, 0) is 41.9 Å². The second-order valence-electron chi connectivity index (χ2n) is 6.25. The minimum Gasteiger partial charge on any atom is -0.463 e. The molecule has 9 nitrogen and oxygen atoms in total. The van der Waals surface area contributed by atoms with Crippen LogP contribution in [-0.4, -0.2) is 33.9 Å². The summed E-state index contributed by atoms with van der Waals surface area (Å²) < 4.78 is 63.3. The predicted molar refractivity (Wildman–Crippen MR) is 106 cm³/mol. The number of halogens is 5. The third-order valence-corrected chi connectivity index (χ3v) is 4.68. The quantitative estimate of drug-likeness (QED) is 0.474. The summed E-state index contributed by atoms with van der Waals surface area (Å²) in [6, 6.07) is 1.76. The van der Waals surface area contributed by atoms with Gasteiger partial charge in [-0.25, -0.2) is 23.3 Å². The van der Waals surface area contributed by atoms with Gasteiger partial charge in [0.05, 0.1) is 18.0 Å². The summed E-state index contributed by atoms with van der Waals surface area (Å²) in [5.74, 6) is -1.96. The maximum Gasteiger partial charge on any atom is 0.431 e. The van der Waals surface area contributed by atoms with Crippen molar-refractivity contribution in [1.29, 1.82) is 0 Å². The molecule has 0 aliphatic heterocycles. The molecule has 0 fully saturated rings. The number of benzene rings is 1. The minimum absolute atomic E-state index is 0.0451. The topological polar surface area (TPSA) is 109 Å². The van der Waals surface area contributed by atoms with E-state index in [1.54, 1.807) is 6.92 Å². The molecule has 0 radical (unpaired) electrons. The number of carbonyl (C=O) groups is 2. The zero-order valence-corrected chi connectivity index (χ0v) is 18.3. The molecule has 1 atom stereocenters. The van der Waals surface area contributed by atoms with Crippen molar-refractivity contribution in [1.82, 2.24) is 9.13 Å². The van der Waals surface area contributed by atoms with Crippen LogP contribution < -0.4 is 16.6 Å². The fraction of sp³-hybridized carbons (Fsp3) is 0.333. The van der Waals surface area contributed by atoms with Gasteiger partial charge < -0.3 is 9.47 Å². The van der Waals surface area contributed by atoms with Gasteiger partial charge in [-0.2, -0.15) is 13.2 Å². The Hall–Kier alpha value is -3.16. The number of nitrogens with zero attached hydrogens (tertiary/aromatic N) is 2. The lowest BCUT2D eigenvalue weighted by atomic mass is 10.2. The summed E-state index contributed by atoms with van der Waals surface area (Å²) in [6.07, 6.45) is -7.42. The lowest BCUT2D eigenvalue weighted by molar-refractivity contribution is -0.151. The number of anilines is 1. The average Bonchev–Trinajstić information content (AvgIpc) is 2.67. The fourth-order valence-corrected chi connectivity index (χ4v) is 2.95. The van der Waals surface area contributed by atoms with Gasteiger partial charge in [0.1, 0.15) is 11.5 Å². The molecule has 1 heterocycles. The van der Waals surface area contributed by atoms with Crippen molar-refractivity contribution in [3.8, 4) is 5.69 Å². The molecule has 2 rings (SSSR count). The number of esters is 1. The molecule has 32 heavy (non-hydrogen) atoms. The zero-order valence-electron chi connectivity index (χ0n) is 16.8. The van der Waals surface area contributed by atoms with Crippen LogP contribution in [0.25, 0.3) is 5.69 Å². The second-order valence-corrected chi connectivity index (χ2v) is 7.10. The van der Waals surface area contributed by atoms with Crippen LogP contribution in [0.1, 0.15) is 19.5 Å². The van der Waals surface area contributed by atoms with Crippen LogP contribution in [0.3, 0.4) is 0 Å². The van der Waals surface area contributed by atoms with Crippen molar-refractivity contribution >= 4 is 33.7 Å². The number of carbonyl (C=O) groups excluding carboxylic acids is 2. The Balaban J connectivity index is 2.47. The molecule has 1 amide bonds. The Morgan fingerprint density at radius 2 is 1.84 bits per heavy atom. The monoisotopic (exact) mass is 525 g/mol. The SMILES string of the molecule is CCOC(=O)C(C)OC(=O)Nc1cc(-n2c(=O)cc(C(F)(F)F)n(C)c2=O)c(F)cc1Br. The largest absolute Gasteiger partial charge is 0.463 e. The van der Waals surface area contributed by atoms with E-state index in [0.29, 0.717) is 0 Å².